The number of alkyl halides is 3. The first kappa shape index (κ1) is 17.0. The van der Waals surface area contributed by atoms with Gasteiger partial charge in [-0.15, -0.1) is 0 Å². The number of anilines is 1. The number of aryl methyl sites for hydroxylation is 2. The van der Waals surface area contributed by atoms with Gasteiger partial charge in [-0.2, -0.15) is 13.2 Å². The van der Waals surface area contributed by atoms with Crippen molar-refractivity contribution in [3.63, 3.8) is 0 Å². The molecule has 0 fully saturated rings. The van der Waals surface area contributed by atoms with E-state index in [0.29, 0.717) is 27.5 Å². The monoisotopic (exact) mass is 348 g/mol. The molecule has 130 valence electrons. The van der Waals surface area contributed by atoms with Crippen LogP contribution in [0.2, 0.25) is 0 Å². The van der Waals surface area contributed by atoms with Gasteiger partial charge in [-0.05, 0) is 43.2 Å². The fraction of sp³-hybridized carbons (Fsp3) is 0.222. The molecule has 0 bridgehead atoms. The second-order valence-electron chi connectivity index (χ2n) is 5.81. The van der Waals surface area contributed by atoms with E-state index in [9.17, 15) is 18.0 Å². The van der Waals surface area contributed by atoms with Crippen molar-refractivity contribution in [1.82, 2.24) is 4.98 Å². The van der Waals surface area contributed by atoms with Crippen LogP contribution in [-0.2, 0) is 4.79 Å². The highest BCUT2D eigenvalue weighted by Crippen LogP contribution is 2.32. The number of carbonyl (C=O) groups excluding carboxylic acids is 1. The maximum Gasteiger partial charge on any atom is 0.471 e. The van der Waals surface area contributed by atoms with Crippen LogP contribution in [0.4, 0.5) is 18.9 Å². The summed E-state index contributed by atoms with van der Waals surface area (Å²) in [4.78, 5) is 16.4. The highest BCUT2D eigenvalue weighted by molar-refractivity contribution is 5.98. The minimum absolute atomic E-state index is 0.108. The Balaban J connectivity index is 2.09. The van der Waals surface area contributed by atoms with Crippen LogP contribution in [-0.4, -0.2) is 24.1 Å². The molecule has 0 saturated carbocycles. The maximum atomic E-state index is 12.6. The van der Waals surface area contributed by atoms with Crippen LogP contribution in [0.5, 0.6) is 0 Å². The number of hydrogen-bond acceptors (Lipinski definition) is 3. The molecule has 0 aliphatic heterocycles. The first-order chi connectivity index (χ1) is 11.7. The zero-order valence-corrected chi connectivity index (χ0v) is 13.8. The van der Waals surface area contributed by atoms with Crippen molar-refractivity contribution >= 4 is 22.7 Å². The molecule has 0 spiro atoms. The average molecular weight is 348 g/mol. The molecule has 3 aromatic rings. The van der Waals surface area contributed by atoms with Gasteiger partial charge in [0.05, 0.1) is 0 Å². The predicted molar refractivity (Wildman–Crippen MR) is 88.4 cm³/mol. The fourth-order valence-corrected chi connectivity index (χ4v) is 2.61. The Morgan fingerprint density at radius 2 is 1.80 bits per heavy atom. The smallest absolute Gasteiger partial charge is 0.436 e. The Morgan fingerprint density at radius 1 is 1.12 bits per heavy atom. The molecular weight excluding hydrogens is 333 g/mol. The molecule has 0 N–H and O–H groups in total. The third-order valence-corrected chi connectivity index (χ3v) is 3.97. The number of hydrogen-bond donors (Lipinski definition) is 0. The third kappa shape index (κ3) is 3.09. The quantitative estimate of drug-likeness (QED) is 0.678. The number of amides is 1. The summed E-state index contributed by atoms with van der Waals surface area (Å²) >= 11 is 0. The fourth-order valence-electron chi connectivity index (χ4n) is 2.61. The molecule has 0 saturated heterocycles. The van der Waals surface area contributed by atoms with Gasteiger partial charge in [0.15, 0.2) is 5.58 Å². The third-order valence-electron chi connectivity index (χ3n) is 3.97. The molecule has 0 radical (unpaired) electrons. The van der Waals surface area contributed by atoms with Gasteiger partial charge in [-0.1, -0.05) is 18.2 Å². The van der Waals surface area contributed by atoms with Crippen LogP contribution in [0, 0.1) is 13.8 Å². The van der Waals surface area contributed by atoms with Gasteiger partial charge in [-0.3, -0.25) is 4.79 Å². The first-order valence-electron chi connectivity index (χ1n) is 7.50. The minimum atomic E-state index is -4.94. The summed E-state index contributed by atoms with van der Waals surface area (Å²) in [6.45, 7) is 3.61. The van der Waals surface area contributed by atoms with Crippen molar-refractivity contribution < 1.29 is 22.4 Å². The van der Waals surface area contributed by atoms with Gasteiger partial charge in [0.2, 0.25) is 5.89 Å². The van der Waals surface area contributed by atoms with Crippen LogP contribution in [0.3, 0.4) is 0 Å². The molecule has 0 atom stereocenters. The van der Waals surface area contributed by atoms with Gasteiger partial charge in [0, 0.05) is 18.3 Å². The highest BCUT2D eigenvalue weighted by Gasteiger charge is 2.41. The van der Waals surface area contributed by atoms with Crippen LogP contribution in [0.25, 0.3) is 22.6 Å². The number of fused-ring (bicyclic) bond motifs is 1. The first-order valence-corrected chi connectivity index (χ1v) is 7.50. The molecule has 25 heavy (non-hydrogen) atoms. The Labute approximate surface area is 141 Å². The summed E-state index contributed by atoms with van der Waals surface area (Å²) in [6, 6.07) is 10.4. The summed E-state index contributed by atoms with van der Waals surface area (Å²) in [6.07, 6.45) is -4.94. The Hall–Kier alpha value is -2.83. The molecule has 0 unspecified atom stereocenters. The number of oxazole rings is 1. The SMILES string of the molecule is Cc1ccccc1-c1nc2cc(N(C)C(=O)C(F)(F)F)cc(C)c2o1. The van der Waals surface area contributed by atoms with Crippen LogP contribution in [0.15, 0.2) is 40.8 Å². The zero-order chi connectivity index (χ0) is 18.4. The summed E-state index contributed by atoms with van der Waals surface area (Å²) in [7, 11) is 1.08. The standard InChI is InChI=1S/C18H15F3N2O2/c1-10-6-4-5-7-13(10)16-22-14-9-12(8-11(2)15(14)25-16)23(3)17(24)18(19,20)21/h4-9H,1-3H3. The van der Waals surface area contributed by atoms with Gasteiger partial charge < -0.3 is 9.32 Å². The molecule has 1 heterocycles. The Bertz CT molecular complexity index is 961. The van der Waals surface area contributed by atoms with E-state index in [1.54, 1.807) is 6.92 Å². The van der Waals surface area contributed by atoms with Crippen molar-refractivity contribution in [2.24, 2.45) is 0 Å². The van der Waals surface area contributed by atoms with Crippen molar-refractivity contribution in [3.05, 3.63) is 47.5 Å². The molecule has 7 heteroatoms. The lowest BCUT2D eigenvalue weighted by atomic mass is 10.1. The molecule has 4 nitrogen and oxygen atoms in total. The molecule has 1 amide bonds. The lowest BCUT2D eigenvalue weighted by molar-refractivity contribution is -0.170. The number of benzene rings is 2. The molecular formula is C18H15F3N2O2. The van der Waals surface area contributed by atoms with E-state index in [1.807, 2.05) is 31.2 Å². The van der Waals surface area contributed by atoms with Crippen molar-refractivity contribution in [3.8, 4) is 11.5 Å². The summed E-state index contributed by atoms with van der Waals surface area (Å²) in [5, 5.41) is 0. The molecule has 2 aromatic carbocycles. The number of aromatic nitrogens is 1. The van der Waals surface area contributed by atoms with Crippen molar-refractivity contribution in [1.29, 1.82) is 0 Å². The van der Waals surface area contributed by atoms with Gasteiger partial charge in [0.25, 0.3) is 0 Å². The maximum absolute atomic E-state index is 12.6. The van der Waals surface area contributed by atoms with Crippen molar-refractivity contribution in [2.75, 3.05) is 11.9 Å². The van der Waals surface area contributed by atoms with Gasteiger partial charge in [-0.25, -0.2) is 4.98 Å². The number of carbonyl (C=O) groups is 1. The largest absolute Gasteiger partial charge is 0.471 e. The summed E-state index contributed by atoms with van der Waals surface area (Å²) in [5.74, 6) is -1.55. The van der Waals surface area contributed by atoms with Crippen molar-refractivity contribution in [2.45, 2.75) is 20.0 Å². The number of nitrogens with zero attached hydrogens (tertiary/aromatic N) is 2. The van der Waals surface area contributed by atoms with E-state index >= 15 is 0 Å². The number of halogens is 3. The van der Waals surface area contributed by atoms with Crippen LogP contribution < -0.4 is 4.90 Å². The lowest BCUT2D eigenvalue weighted by Gasteiger charge is -2.19. The van der Waals surface area contributed by atoms with Gasteiger partial charge >= 0.3 is 12.1 Å². The normalized spacial score (nSPS) is 11.8. The average Bonchev–Trinajstić information content (AvgIpc) is 2.97. The predicted octanol–water partition coefficient (Wildman–Crippen LogP) is 4.64. The summed E-state index contributed by atoms with van der Waals surface area (Å²) < 4.78 is 43.7. The second-order valence-corrected chi connectivity index (χ2v) is 5.81. The number of rotatable bonds is 2. The van der Waals surface area contributed by atoms with Crippen LogP contribution >= 0.6 is 0 Å². The highest BCUT2D eigenvalue weighted by atomic mass is 19.4. The van der Waals surface area contributed by atoms with E-state index in [-0.39, 0.29) is 5.69 Å². The minimum Gasteiger partial charge on any atom is -0.436 e. The van der Waals surface area contributed by atoms with E-state index in [1.165, 1.54) is 12.1 Å². The molecule has 0 aliphatic carbocycles. The van der Waals surface area contributed by atoms with E-state index < -0.39 is 12.1 Å². The summed E-state index contributed by atoms with van der Waals surface area (Å²) in [5.41, 5.74) is 3.36. The topological polar surface area (TPSA) is 46.3 Å². The molecule has 3 rings (SSSR count). The van der Waals surface area contributed by atoms with E-state index in [4.69, 9.17) is 4.42 Å². The second kappa shape index (κ2) is 5.91. The Morgan fingerprint density at radius 3 is 2.44 bits per heavy atom. The molecule has 0 aliphatic rings. The van der Waals surface area contributed by atoms with E-state index in [0.717, 1.165) is 18.2 Å². The van der Waals surface area contributed by atoms with Gasteiger partial charge in [0.1, 0.15) is 5.52 Å². The lowest BCUT2D eigenvalue weighted by Crippen LogP contribution is -2.38. The van der Waals surface area contributed by atoms with E-state index in [2.05, 4.69) is 4.98 Å². The molecule has 1 aromatic heterocycles. The Kier molecular flexibility index (Phi) is 4.02. The van der Waals surface area contributed by atoms with Crippen LogP contribution in [0.1, 0.15) is 11.1 Å². The zero-order valence-electron chi connectivity index (χ0n) is 13.8.